The van der Waals surface area contributed by atoms with Crippen molar-refractivity contribution in [3.8, 4) is 22.4 Å². The Labute approximate surface area is 338 Å². The van der Waals surface area contributed by atoms with Gasteiger partial charge in [0, 0.05) is 60.5 Å². The van der Waals surface area contributed by atoms with E-state index in [-0.39, 0.29) is 47.6 Å². The number of benzene rings is 3. The maximum absolute atomic E-state index is 13.5. The number of nitrogens with one attached hydrogen (secondary N) is 4. The minimum atomic E-state index is -0.386. The van der Waals surface area contributed by atoms with Crippen molar-refractivity contribution in [3.63, 3.8) is 0 Å². The Morgan fingerprint density at radius 2 is 1.47 bits per heavy atom. The quantitative estimate of drug-likeness (QED) is 0.125. The second-order valence-corrected chi connectivity index (χ2v) is 16.3. The predicted molar refractivity (Wildman–Crippen MR) is 221 cm³/mol. The maximum atomic E-state index is 13.5. The smallest absolute Gasteiger partial charge is 0.249 e. The SMILES string of the molecule is O=C1CCC(Nc2ccc(N3CCC(N4CCC(C(=O)NC5CCC(Nc6ncc(Cl)c(-c7cccc(-c8ccc(F)cc8)c7)n6)CC5)CC4)CC3)cc2)C(=O)N1. The Hall–Kier alpha value is -5.07. The number of hydrogen-bond acceptors (Lipinski definition) is 9. The van der Waals surface area contributed by atoms with E-state index < -0.39 is 0 Å². The molecule has 1 aromatic heterocycles. The topological polar surface area (TPSA) is 132 Å². The van der Waals surface area contributed by atoms with Gasteiger partial charge in [-0.1, -0.05) is 41.9 Å². The van der Waals surface area contributed by atoms with Crippen molar-refractivity contribution in [2.75, 3.05) is 41.7 Å². The number of amides is 3. The third-order valence-corrected chi connectivity index (χ3v) is 12.4. The summed E-state index contributed by atoms with van der Waals surface area (Å²) in [5, 5.41) is 13.0. The molecule has 1 aliphatic carbocycles. The van der Waals surface area contributed by atoms with Crippen LogP contribution in [0.3, 0.4) is 0 Å². The third-order valence-electron chi connectivity index (χ3n) is 12.2. The Kier molecular flexibility index (Phi) is 12.0. The van der Waals surface area contributed by atoms with Crippen LogP contribution in [-0.2, 0) is 14.4 Å². The lowest BCUT2D eigenvalue weighted by atomic mass is 9.89. The number of piperidine rings is 3. The standard InChI is InChI=1S/C44H50ClFN8O3/c45-38-27-47-44(52-41(38)31-3-1-2-30(26-31)28-4-6-32(46)7-5-28)50-35-10-8-34(9-11-35)49-42(56)29-18-22-53(23-19-29)37-20-24-54(25-21-37)36-14-12-33(13-15-36)48-39-16-17-40(55)51-43(39)57/h1-7,12-15,26-27,29,34-35,37,39,48H,8-11,16-25H2,(H,49,56)(H,47,50,52)(H,51,55,57). The van der Waals surface area contributed by atoms with Gasteiger partial charge in [0.05, 0.1) is 16.9 Å². The molecule has 0 spiro atoms. The zero-order valence-electron chi connectivity index (χ0n) is 32.1. The first-order chi connectivity index (χ1) is 27.7. The molecule has 57 heavy (non-hydrogen) atoms. The van der Waals surface area contributed by atoms with Crippen molar-refractivity contribution in [3.05, 3.63) is 89.8 Å². The average Bonchev–Trinajstić information content (AvgIpc) is 3.24. The molecule has 1 saturated carbocycles. The van der Waals surface area contributed by atoms with Crippen molar-refractivity contribution < 1.29 is 18.8 Å². The highest BCUT2D eigenvalue weighted by Gasteiger charge is 2.33. The van der Waals surface area contributed by atoms with Gasteiger partial charge in [-0.2, -0.15) is 0 Å². The van der Waals surface area contributed by atoms with Gasteiger partial charge in [0.15, 0.2) is 0 Å². The number of carbonyl (C=O) groups excluding carboxylic acids is 3. The Morgan fingerprint density at radius 3 is 2.19 bits per heavy atom. The molecule has 4 N–H and O–H groups in total. The van der Waals surface area contributed by atoms with Gasteiger partial charge in [0.2, 0.25) is 23.7 Å². The summed E-state index contributed by atoms with van der Waals surface area (Å²) >= 11 is 6.57. The molecule has 298 valence electrons. The molecule has 0 radical (unpaired) electrons. The van der Waals surface area contributed by atoms with Crippen molar-refractivity contribution in [2.24, 2.45) is 5.92 Å². The largest absolute Gasteiger partial charge is 0.374 e. The number of anilines is 3. The molecule has 11 nitrogen and oxygen atoms in total. The Bertz CT molecular complexity index is 2040. The van der Waals surface area contributed by atoms with Crippen molar-refractivity contribution in [1.82, 2.24) is 25.5 Å². The lowest BCUT2D eigenvalue weighted by molar-refractivity contribution is -0.133. The van der Waals surface area contributed by atoms with E-state index in [1.165, 1.54) is 17.8 Å². The summed E-state index contributed by atoms with van der Waals surface area (Å²) in [6.07, 6.45) is 10.1. The van der Waals surface area contributed by atoms with E-state index in [4.69, 9.17) is 16.6 Å². The third kappa shape index (κ3) is 9.56. The van der Waals surface area contributed by atoms with Crippen LogP contribution in [0.4, 0.5) is 21.7 Å². The molecule has 0 bridgehead atoms. The van der Waals surface area contributed by atoms with Crippen LogP contribution in [0, 0.1) is 11.7 Å². The van der Waals surface area contributed by atoms with Gasteiger partial charge >= 0.3 is 0 Å². The molecule has 4 aliphatic rings. The number of likely N-dealkylation sites (tertiary alicyclic amines) is 1. The number of imide groups is 1. The van der Waals surface area contributed by atoms with E-state index in [9.17, 15) is 18.8 Å². The summed E-state index contributed by atoms with van der Waals surface area (Å²) in [5.74, 6) is 0.0468. The molecule has 13 heteroatoms. The normalized spacial score (nSPS) is 22.5. The minimum Gasteiger partial charge on any atom is -0.374 e. The van der Waals surface area contributed by atoms with Crippen LogP contribution in [0.1, 0.15) is 64.2 Å². The highest BCUT2D eigenvalue weighted by Crippen LogP contribution is 2.32. The Balaban J connectivity index is 0.749. The van der Waals surface area contributed by atoms with E-state index >= 15 is 0 Å². The van der Waals surface area contributed by atoms with Crippen LogP contribution in [0.2, 0.25) is 5.02 Å². The summed E-state index contributed by atoms with van der Waals surface area (Å²) in [7, 11) is 0. The van der Waals surface area contributed by atoms with Crippen molar-refractivity contribution in [1.29, 1.82) is 0 Å². The number of aromatic nitrogens is 2. The highest BCUT2D eigenvalue weighted by molar-refractivity contribution is 6.32. The number of halogens is 2. The van der Waals surface area contributed by atoms with E-state index in [1.807, 2.05) is 36.4 Å². The molecule has 3 saturated heterocycles. The molecule has 4 aromatic rings. The van der Waals surface area contributed by atoms with Gasteiger partial charge in [-0.15, -0.1) is 0 Å². The first-order valence-corrected chi connectivity index (χ1v) is 20.8. The Morgan fingerprint density at radius 1 is 0.772 bits per heavy atom. The summed E-state index contributed by atoms with van der Waals surface area (Å²) < 4.78 is 13.5. The molecular weight excluding hydrogens is 743 g/mol. The van der Waals surface area contributed by atoms with Crippen LogP contribution in [0.25, 0.3) is 22.4 Å². The summed E-state index contributed by atoms with van der Waals surface area (Å²) in [4.78, 5) is 51.2. The zero-order chi connectivity index (χ0) is 39.3. The van der Waals surface area contributed by atoms with E-state index in [2.05, 4.69) is 48.2 Å². The summed E-state index contributed by atoms with van der Waals surface area (Å²) in [5.41, 5.74) is 5.41. The fourth-order valence-corrected chi connectivity index (χ4v) is 9.03. The summed E-state index contributed by atoms with van der Waals surface area (Å²) in [6.45, 7) is 3.89. The number of rotatable bonds is 10. The lowest BCUT2D eigenvalue weighted by Crippen LogP contribution is -2.50. The number of carbonyl (C=O) groups is 3. The van der Waals surface area contributed by atoms with Crippen LogP contribution in [0.15, 0.2) is 79.0 Å². The molecule has 3 aromatic carbocycles. The molecular formula is C44H50ClFN8O3. The minimum absolute atomic E-state index is 0.0620. The van der Waals surface area contributed by atoms with Gasteiger partial charge < -0.3 is 25.8 Å². The number of hydrogen-bond donors (Lipinski definition) is 4. The molecule has 8 rings (SSSR count). The monoisotopic (exact) mass is 792 g/mol. The molecule has 1 unspecified atom stereocenters. The van der Waals surface area contributed by atoms with E-state index in [0.29, 0.717) is 35.5 Å². The zero-order valence-corrected chi connectivity index (χ0v) is 32.8. The fourth-order valence-electron chi connectivity index (χ4n) is 8.83. The van der Waals surface area contributed by atoms with Gasteiger partial charge in [-0.05, 0) is 124 Å². The second-order valence-electron chi connectivity index (χ2n) is 15.9. The molecule has 3 aliphatic heterocycles. The molecule has 1 atom stereocenters. The van der Waals surface area contributed by atoms with E-state index in [1.54, 1.807) is 18.3 Å². The first kappa shape index (κ1) is 38.8. The van der Waals surface area contributed by atoms with Crippen LogP contribution in [-0.4, -0.2) is 82.9 Å². The van der Waals surface area contributed by atoms with E-state index in [0.717, 1.165) is 99.9 Å². The van der Waals surface area contributed by atoms with Crippen LogP contribution in [0.5, 0.6) is 0 Å². The molecule has 3 amide bonds. The van der Waals surface area contributed by atoms with Gasteiger partial charge in [0.1, 0.15) is 11.9 Å². The second kappa shape index (κ2) is 17.6. The van der Waals surface area contributed by atoms with Crippen molar-refractivity contribution >= 4 is 46.6 Å². The van der Waals surface area contributed by atoms with Crippen LogP contribution < -0.4 is 26.2 Å². The van der Waals surface area contributed by atoms with Gasteiger partial charge in [0.25, 0.3) is 0 Å². The van der Waals surface area contributed by atoms with Crippen molar-refractivity contribution in [2.45, 2.75) is 88.4 Å². The number of nitrogens with zero attached hydrogens (tertiary/aromatic N) is 4. The maximum Gasteiger partial charge on any atom is 0.249 e. The highest BCUT2D eigenvalue weighted by atomic mass is 35.5. The van der Waals surface area contributed by atoms with Crippen LogP contribution >= 0.6 is 11.6 Å². The van der Waals surface area contributed by atoms with Gasteiger partial charge in [-0.25, -0.2) is 14.4 Å². The fraction of sp³-hybridized carbons (Fsp3) is 0.432. The molecule has 4 heterocycles. The molecule has 4 fully saturated rings. The first-order valence-electron chi connectivity index (χ1n) is 20.4. The average molecular weight is 793 g/mol. The summed E-state index contributed by atoms with van der Waals surface area (Å²) in [6, 6.07) is 23.1. The predicted octanol–water partition coefficient (Wildman–Crippen LogP) is 7.04. The van der Waals surface area contributed by atoms with Gasteiger partial charge in [-0.3, -0.25) is 19.7 Å². The lowest BCUT2D eigenvalue weighted by Gasteiger charge is -2.42.